The SMILES string of the molecule is CCOc1ccc(C(O)(CCC(C)C)CC[NH+]2CCCCC2)cc1. The monoisotopic (exact) mass is 334 g/mol. The molecule has 1 aromatic rings. The fourth-order valence-electron chi connectivity index (χ4n) is 3.65. The van der Waals surface area contributed by atoms with Gasteiger partial charge in [0.2, 0.25) is 0 Å². The smallest absolute Gasteiger partial charge is 0.119 e. The Morgan fingerprint density at radius 3 is 2.33 bits per heavy atom. The van der Waals surface area contributed by atoms with Crippen molar-refractivity contribution in [2.75, 3.05) is 26.2 Å². The molecule has 1 fully saturated rings. The zero-order valence-corrected chi connectivity index (χ0v) is 15.8. The highest BCUT2D eigenvalue weighted by molar-refractivity contribution is 5.31. The number of aliphatic hydroxyl groups is 1. The van der Waals surface area contributed by atoms with Crippen LogP contribution in [0.4, 0.5) is 0 Å². The number of likely N-dealkylation sites (tertiary alicyclic amines) is 1. The number of quaternary nitrogens is 1. The van der Waals surface area contributed by atoms with Gasteiger partial charge in [-0.25, -0.2) is 0 Å². The van der Waals surface area contributed by atoms with E-state index in [-0.39, 0.29) is 0 Å². The van der Waals surface area contributed by atoms with Gasteiger partial charge in [-0.2, -0.15) is 0 Å². The maximum atomic E-state index is 11.4. The van der Waals surface area contributed by atoms with Gasteiger partial charge < -0.3 is 14.7 Å². The van der Waals surface area contributed by atoms with E-state index < -0.39 is 5.60 Å². The molecule has 0 spiro atoms. The normalized spacial score (nSPS) is 18.5. The van der Waals surface area contributed by atoms with E-state index in [4.69, 9.17) is 4.74 Å². The Kier molecular flexibility index (Phi) is 7.57. The average molecular weight is 335 g/mol. The summed E-state index contributed by atoms with van der Waals surface area (Å²) < 4.78 is 5.54. The highest BCUT2D eigenvalue weighted by Gasteiger charge is 2.31. The molecule has 1 atom stereocenters. The molecule has 0 amide bonds. The van der Waals surface area contributed by atoms with E-state index in [9.17, 15) is 5.11 Å². The van der Waals surface area contributed by atoms with E-state index in [0.717, 1.165) is 37.1 Å². The summed E-state index contributed by atoms with van der Waals surface area (Å²) in [4.78, 5) is 1.66. The highest BCUT2D eigenvalue weighted by Crippen LogP contribution is 2.32. The molecule has 136 valence electrons. The molecule has 0 radical (unpaired) electrons. The lowest BCUT2D eigenvalue weighted by molar-refractivity contribution is -0.905. The van der Waals surface area contributed by atoms with Gasteiger partial charge in [0, 0.05) is 6.42 Å². The van der Waals surface area contributed by atoms with E-state index in [1.165, 1.54) is 32.4 Å². The number of rotatable bonds is 9. The highest BCUT2D eigenvalue weighted by atomic mass is 16.5. The van der Waals surface area contributed by atoms with Crippen molar-refractivity contribution < 1.29 is 14.7 Å². The molecular formula is C21H36NO2+. The van der Waals surface area contributed by atoms with Crippen LogP contribution in [0.15, 0.2) is 24.3 Å². The molecule has 2 N–H and O–H groups in total. The predicted octanol–water partition coefficient (Wildman–Crippen LogP) is 3.17. The largest absolute Gasteiger partial charge is 0.494 e. The van der Waals surface area contributed by atoms with Gasteiger partial charge in [0.05, 0.1) is 31.8 Å². The molecule has 1 aromatic carbocycles. The molecule has 0 bridgehead atoms. The molecule has 3 heteroatoms. The number of nitrogens with one attached hydrogen (secondary N) is 1. The number of benzene rings is 1. The molecule has 1 aliphatic heterocycles. The average Bonchev–Trinajstić information content (AvgIpc) is 2.60. The second-order valence-corrected chi connectivity index (χ2v) is 7.73. The van der Waals surface area contributed by atoms with Crippen LogP contribution in [0.5, 0.6) is 5.75 Å². The Hall–Kier alpha value is -1.06. The summed E-state index contributed by atoms with van der Waals surface area (Å²) in [5.74, 6) is 1.50. The zero-order valence-electron chi connectivity index (χ0n) is 15.8. The summed E-state index contributed by atoms with van der Waals surface area (Å²) in [5, 5.41) is 11.4. The summed E-state index contributed by atoms with van der Waals surface area (Å²) in [5.41, 5.74) is 0.336. The molecule has 3 nitrogen and oxygen atoms in total. The minimum absolute atomic E-state index is 0.613. The van der Waals surface area contributed by atoms with Gasteiger partial charge in [0.15, 0.2) is 0 Å². The molecule has 1 heterocycles. The van der Waals surface area contributed by atoms with Crippen LogP contribution >= 0.6 is 0 Å². The van der Waals surface area contributed by atoms with E-state index >= 15 is 0 Å². The van der Waals surface area contributed by atoms with E-state index in [1.807, 2.05) is 19.1 Å². The van der Waals surface area contributed by atoms with Crippen molar-refractivity contribution in [1.82, 2.24) is 0 Å². The second-order valence-electron chi connectivity index (χ2n) is 7.73. The summed E-state index contributed by atoms with van der Waals surface area (Å²) in [6.07, 6.45) is 6.79. The summed E-state index contributed by atoms with van der Waals surface area (Å²) in [6, 6.07) is 8.09. The number of ether oxygens (including phenoxy) is 1. The fraction of sp³-hybridized carbons (Fsp3) is 0.714. The minimum Gasteiger partial charge on any atom is -0.494 e. The summed E-state index contributed by atoms with van der Waals surface area (Å²) >= 11 is 0. The lowest BCUT2D eigenvalue weighted by Crippen LogP contribution is -3.13. The van der Waals surface area contributed by atoms with Crippen LogP contribution in [0.25, 0.3) is 0 Å². The van der Waals surface area contributed by atoms with Crippen LogP contribution in [0.2, 0.25) is 0 Å². The first-order valence-corrected chi connectivity index (χ1v) is 9.83. The second kappa shape index (κ2) is 9.43. The Morgan fingerprint density at radius 2 is 1.75 bits per heavy atom. The zero-order chi connectivity index (χ0) is 17.4. The molecule has 0 saturated carbocycles. The van der Waals surface area contributed by atoms with Gasteiger partial charge >= 0.3 is 0 Å². The molecule has 0 aromatic heterocycles. The molecule has 1 unspecified atom stereocenters. The van der Waals surface area contributed by atoms with Crippen LogP contribution in [0.1, 0.15) is 64.9 Å². The number of hydrogen-bond acceptors (Lipinski definition) is 2. The molecule has 24 heavy (non-hydrogen) atoms. The van der Waals surface area contributed by atoms with Crippen LogP contribution in [-0.2, 0) is 5.60 Å². The Balaban J connectivity index is 2.05. The summed E-state index contributed by atoms with van der Waals surface area (Å²) in [7, 11) is 0. The lowest BCUT2D eigenvalue weighted by Gasteiger charge is -2.32. The van der Waals surface area contributed by atoms with E-state index in [1.54, 1.807) is 4.90 Å². The van der Waals surface area contributed by atoms with Crippen molar-refractivity contribution in [3.05, 3.63) is 29.8 Å². The van der Waals surface area contributed by atoms with Crippen molar-refractivity contribution in [3.63, 3.8) is 0 Å². The van der Waals surface area contributed by atoms with Crippen molar-refractivity contribution in [2.24, 2.45) is 5.92 Å². The Bertz CT molecular complexity index is 465. The first kappa shape index (κ1) is 19.3. The van der Waals surface area contributed by atoms with Gasteiger partial charge in [-0.15, -0.1) is 0 Å². The Morgan fingerprint density at radius 1 is 1.08 bits per heavy atom. The van der Waals surface area contributed by atoms with Crippen molar-refractivity contribution in [3.8, 4) is 5.75 Å². The third-order valence-corrected chi connectivity index (χ3v) is 5.29. The summed E-state index contributed by atoms with van der Waals surface area (Å²) in [6.45, 7) is 10.7. The van der Waals surface area contributed by atoms with Gasteiger partial charge in [-0.05, 0) is 62.6 Å². The van der Waals surface area contributed by atoms with Gasteiger partial charge in [-0.1, -0.05) is 26.0 Å². The van der Waals surface area contributed by atoms with Crippen molar-refractivity contribution in [1.29, 1.82) is 0 Å². The molecular weight excluding hydrogens is 298 g/mol. The topological polar surface area (TPSA) is 33.9 Å². The van der Waals surface area contributed by atoms with Crippen LogP contribution in [0.3, 0.4) is 0 Å². The van der Waals surface area contributed by atoms with Crippen molar-refractivity contribution >= 4 is 0 Å². The fourth-order valence-corrected chi connectivity index (χ4v) is 3.65. The van der Waals surface area contributed by atoms with Crippen LogP contribution < -0.4 is 9.64 Å². The van der Waals surface area contributed by atoms with Crippen molar-refractivity contribution in [2.45, 2.75) is 64.9 Å². The predicted molar refractivity (Wildman–Crippen MR) is 99.6 cm³/mol. The molecule has 1 saturated heterocycles. The maximum Gasteiger partial charge on any atom is 0.119 e. The molecule has 1 aliphatic rings. The molecule has 2 rings (SSSR count). The van der Waals surface area contributed by atoms with Gasteiger partial charge in [0.1, 0.15) is 5.75 Å². The quantitative estimate of drug-likeness (QED) is 0.727. The first-order chi connectivity index (χ1) is 11.5. The van der Waals surface area contributed by atoms with Crippen LogP contribution in [0, 0.1) is 5.92 Å². The van der Waals surface area contributed by atoms with Gasteiger partial charge in [-0.3, -0.25) is 0 Å². The van der Waals surface area contributed by atoms with Gasteiger partial charge in [0.25, 0.3) is 0 Å². The molecule has 0 aliphatic carbocycles. The number of hydrogen-bond donors (Lipinski definition) is 2. The third-order valence-electron chi connectivity index (χ3n) is 5.29. The lowest BCUT2D eigenvalue weighted by atomic mass is 9.84. The first-order valence-electron chi connectivity index (χ1n) is 9.83. The Labute approximate surface area is 148 Å². The minimum atomic E-state index is -0.709. The number of piperidine rings is 1. The maximum absolute atomic E-state index is 11.4. The van der Waals surface area contributed by atoms with E-state index in [0.29, 0.717) is 12.5 Å². The standard InChI is InChI=1S/C21H35NO2/c1-4-24-20-10-8-19(9-11-20)21(23,13-12-18(2)3)14-17-22-15-6-5-7-16-22/h8-11,18,23H,4-7,12-17H2,1-3H3/p+1. The van der Waals surface area contributed by atoms with Crippen LogP contribution in [-0.4, -0.2) is 31.3 Å². The third kappa shape index (κ3) is 5.78. The van der Waals surface area contributed by atoms with E-state index in [2.05, 4.69) is 26.0 Å².